The first-order chi connectivity index (χ1) is 9.53. The summed E-state index contributed by atoms with van der Waals surface area (Å²) in [5, 5.41) is 3.52. The van der Waals surface area contributed by atoms with E-state index in [1.807, 2.05) is 0 Å². The van der Waals surface area contributed by atoms with Crippen molar-refractivity contribution in [2.45, 2.75) is 45.8 Å². The van der Waals surface area contributed by atoms with Crippen LogP contribution in [0.15, 0.2) is 24.3 Å². The van der Waals surface area contributed by atoms with E-state index in [-0.39, 0.29) is 5.54 Å². The van der Waals surface area contributed by atoms with Crippen molar-refractivity contribution >= 4 is 0 Å². The van der Waals surface area contributed by atoms with Crippen molar-refractivity contribution in [1.29, 1.82) is 0 Å². The Morgan fingerprint density at radius 2 is 1.75 bits per heavy atom. The minimum absolute atomic E-state index is 0.171. The van der Waals surface area contributed by atoms with Gasteiger partial charge in [-0.1, -0.05) is 24.3 Å². The van der Waals surface area contributed by atoms with Crippen molar-refractivity contribution in [3.05, 3.63) is 35.4 Å². The normalized spacial score (nSPS) is 17.9. The van der Waals surface area contributed by atoms with Crippen LogP contribution >= 0.6 is 0 Å². The highest BCUT2D eigenvalue weighted by molar-refractivity contribution is 5.22. The predicted octanol–water partition coefficient (Wildman–Crippen LogP) is 2.80. The summed E-state index contributed by atoms with van der Waals surface area (Å²) >= 11 is 0. The van der Waals surface area contributed by atoms with Crippen molar-refractivity contribution < 1.29 is 4.74 Å². The standard InChI is InChI=1S/C17H28N2O/c1-17(2,3)18-13-15-5-7-16(8-6-15)14-19-9-4-11-20-12-10-19/h5-8,18H,4,9-14H2,1-3H3. The van der Waals surface area contributed by atoms with Gasteiger partial charge in [0.05, 0.1) is 6.61 Å². The maximum Gasteiger partial charge on any atom is 0.0593 e. The lowest BCUT2D eigenvalue weighted by Gasteiger charge is -2.21. The molecule has 0 aliphatic carbocycles. The molecule has 3 nitrogen and oxygen atoms in total. The fraction of sp³-hybridized carbons (Fsp3) is 0.647. The lowest BCUT2D eigenvalue weighted by Crippen LogP contribution is -2.35. The van der Waals surface area contributed by atoms with Crippen LogP contribution in [0.5, 0.6) is 0 Å². The Kier molecular flexibility index (Phi) is 5.58. The maximum absolute atomic E-state index is 5.50. The van der Waals surface area contributed by atoms with Crippen molar-refractivity contribution in [2.75, 3.05) is 26.3 Å². The van der Waals surface area contributed by atoms with Crippen molar-refractivity contribution in [3.8, 4) is 0 Å². The molecule has 1 fully saturated rings. The van der Waals surface area contributed by atoms with E-state index in [1.54, 1.807) is 0 Å². The highest BCUT2D eigenvalue weighted by atomic mass is 16.5. The second kappa shape index (κ2) is 7.21. The van der Waals surface area contributed by atoms with E-state index < -0.39 is 0 Å². The number of rotatable bonds is 4. The summed E-state index contributed by atoms with van der Waals surface area (Å²) in [7, 11) is 0. The maximum atomic E-state index is 5.50. The zero-order valence-electron chi connectivity index (χ0n) is 13.1. The van der Waals surface area contributed by atoms with Crippen LogP contribution < -0.4 is 5.32 Å². The summed E-state index contributed by atoms with van der Waals surface area (Å²) < 4.78 is 5.50. The van der Waals surface area contributed by atoms with Crippen molar-refractivity contribution in [2.24, 2.45) is 0 Å². The SMILES string of the molecule is CC(C)(C)NCc1ccc(CN2CCCOCC2)cc1. The molecule has 1 N–H and O–H groups in total. The van der Waals surface area contributed by atoms with Crippen molar-refractivity contribution in [3.63, 3.8) is 0 Å². The highest BCUT2D eigenvalue weighted by Gasteiger charge is 2.10. The molecule has 1 aromatic carbocycles. The Labute approximate surface area is 123 Å². The van der Waals surface area contributed by atoms with Gasteiger partial charge in [-0.05, 0) is 38.3 Å². The molecular weight excluding hydrogens is 248 g/mol. The highest BCUT2D eigenvalue weighted by Crippen LogP contribution is 2.10. The molecular formula is C17H28N2O. The molecule has 1 aromatic rings. The van der Waals surface area contributed by atoms with Crippen LogP contribution in [0.25, 0.3) is 0 Å². The summed E-state index contributed by atoms with van der Waals surface area (Å²) in [4.78, 5) is 2.48. The van der Waals surface area contributed by atoms with Crippen LogP contribution in [0.4, 0.5) is 0 Å². The molecule has 0 atom stereocenters. The Morgan fingerprint density at radius 1 is 1.05 bits per heavy atom. The van der Waals surface area contributed by atoms with E-state index in [0.717, 1.165) is 45.8 Å². The molecule has 0 spiro atoms. The van der Waals surface area contributed by atoms with Crippen LogP contribution in [0.2, 0.25) is 0 Å². The minimum atomic E-state index is 0.171. The van der Waals surface area contributed by atoms with Gasteiger partial charge in [0, 0.05) is 38.3 Å². The molecule has 0 unspecified atom stereocenters. The Bertz CT molecular complexity index is 386. The summed E-state index contributed by atoms with van der Waals surface area (Å²) in [5.74, 6) is 0. The minimum Gasteiger partial charge on any atom is -0.380 e. The van der Waals surface area contributed by atoms with Gasteiger partial charge in [0.15, 0.2) is 0 Å². The average molecular weight is 276 g/mol. The molecule has 1 aliphatic heterocycles. The molecule has 0 radical (unpaired) electrons. The molecule has 0 saturated carbocycles. The van der Waals surface area contributed by atoms with Gasteiger partial charge in [0.25, 0.3) is 0 Å². The first-order valence-electron chi connectivity index (χ1n) is 7.66. The van der Waals surface area contributed by atoms with Crippen LogP contribution in [0.3, 0.4) is 0 Å². The lowest BCUT2D eigenvalue weighted by molar-refractivity contribution is 0.140. The van der Waals surface area contributed by atoms with Crippen LogP contribution in [-0.4, -0.2) is 36.7 Å². The van der Waals surface area contributed by atoms with E-state index in [2.05, 4.69) is 55.3 Å². The fourth-order valence-electron chi connectivity index (χ4n) is 2.34. The number of hydrogen-bond acceptors (Lipinski definition) is 3. The third-order valence-corrected chi connectivity index (χ3v) is 3.57. The number of ether oxygens (including phenoxy) is 1. The Balaban J connectivity index is 1.84. The first-order valence-corrected chi connectivity index (χ1v) is 7.66. The van der Waals surface area contributed by atoms with Crippen LogP contribution in [0.1, 0.15) is 38.3 Å². The molecule has 3 heteroatoms. The molecule has 2 rings (SSSR count). The molecule has 1 saturated heterocycles. The molecule has 0 amide bonds. The molecule has 0 bridgehead atoms. The molecule has 112 valence electrons. The van der Waals surface area contributed by atoms with Gasteiger partial charge in [-0.2, -0.15) is 0 Å². The lowest BCUT2D eigenvalue weighted by atomic mass is 10.1. The summed E-state index contributed by atoms with van der Waals surface area (Å²) in [6, 6.07) is 8.99. The largest absolute Gasteiger partial charge is 0.380 e. The number of benzene rings is 1. The average Bonchev–Trinajstić information content (AvgIpc) is 2.66. The second-order valence-corrected chi connectivity index (χ2v) is 6.66. The van der Waals surface area contributed by atoms with Crippen LogP contribution in [0, 0.1) is 0 Å². The molecule has 20 heavy (non-hydrogen) atoms. The van der Waals surface area contributed by atoms with E-state index in [0.29, 0.717) is 0 Å². The first kappa shape index (κ1) is 15.5. The van der Waals surface area contributed by atoms with Gasteiger partial charge in [-0.25, -0.2) is 0 Å². The summed E-state index contributed by atoms with van der Waals surface area (Å²) in [6.45, 7) is 12.5. The Morgan fingerprint density at radius 3 is 2.45 bits per heavy atom. The predicted molar refractivity (Wildman–Crippen MR) is 83.7 cm³/mol. The van der Waals surface area contributed by atoms with Crippen molar-refractivity contribution in [1.82, 2.24) is 10.2 Å². The second-order valence-electron chi connectivity index (χ2n) is 6.66. The molecule has 0 aromatic heterocycles. The molecule has 1 heterocycles. The summed E-state index contributed by atoms with van der Waals surface area (Å²) in [5.41, 5.74) is 2.92. The monoisotopic (exact) mass is 276 g/mol. The van der Waals surface area contributed by atoms with Gasteiger partial charge in [-0.15, -0.1) is 0 Å². The number of hydrogen-bond donors (Lipinski definition) is 1. The third-order valence-electron chi connectivity index (χ3n) is 3.57. The van der Waals surface area contributed by atoms with E-state index in [4.69, 9.17) is 4.74 Å². The van der Waals surface area contributed by atoms with Gasteiger partial charge >= 0.3 is 0 Å². The zero-order chi connectivity index (χ0) is 14.4. The van der Waals surface area contributed by atoms with Gasteiger partial charge in [0.1, 0.15) is 0 Å². The van der Waals surface area contributed by atoms with E-state index in [9.17, 15) is 0 Å². The number of nitrogens with one attached hydrogen (secondary N) is 1. The van der Waals surface area contributed by atoms with Gasteiger partial charge < -0.3 is 10.1 Å². The quantitative estimate of drug-likeness (QED) is 0.915. The zero-order valence-corrected chi connectivity index (χ0v) is 13.1. The summed E-state index contributed by atoms with van der Waals surface area (Å²) in [6.07, 6.45) is 1.15. The van der Waals surface area contributed by atoms with E-state index >= 15 is 0 Å². The van der Waals surface area contributed by atoms with Gasteiger partial charge in [-0.3, -0.25) is 4.90 Å². The third kappa shape index (κ3) is 5.61. The Hall–Kier alpha value is -0.900. The fourth-order valence-corrected chi connectivity index (χ4v) is 2.34. The topological polar surface area (TPSA) is 24.5 Å². The smallest absolute Gasteiger partial charge is 0.0593 e. The van der Waals surface area contributed by atoms with Crippen LogP contribution in [-0.2, 0) is 17.8 Å². The molecule has 1 aliphatic rings. The van der Waals surface area contributed by atoms with E-state index in [1.165, 1.54) is 11.1 Å². The number of nitrogens with zero attached hydrogens (tertiary/aromatic N) is 1. The van der Waals surface area contributed by atoms with Gasteiger partial charge in [0.2, 0.25) is 0 Å².